The van der Waals surface area contributed by atoms with Crippen LogP contribution in [0.3, 0.4) is 0 Å². The van der Waals surface area contributed by atoms with Crippen LogP contribution in [0, 0.1) is 0 Å². The van der Waals surface area contributed by atoms with E-state index < -0.39 is 23.4 Å². The highest BCUT2D eigenvalue weighted by atomic mass is 32.1. The first-order chi connectivity index (χ1) is 7.77. The Labute approximate surface area is 99.9 Å². The lowest BCUT2D eigenvalue weighted by molar-refractivity contribution is -0.108. The molecule has 92 valence electrons. The summed E-state index contributed by atoms with van der Waals surface area (Å²) in [6, 6.07) is 3.77. The molecule has 0 bridgehead atoms. The zero-order valence-electron chi connectivity index (χ0n) is 8.35. The van der Waals surface area contributed by atoms with Gasteiger partial charge in [0.2, 0.25) is 5.83 Å². The van der Waals surface area contributed by atoms with Crippen molar-refractivity contribution in [3.05, 3.63) is 41.7 Å². The van der Waals surface area contributed by atoms with E-state index in [1.807, 2.05) is 0 Å². The third kappa shape index (κ3) is 3.09. The van der Waals surface area contributed by atoms with Gasteiger partial charge in [-0.15, -0.1) is 12.6 Å². The van der Waals surface area contributed by atoms with E-state index in [-0.39, 0.29) is 4.90 Å². The average Bonchev–Trinajstić information content (AvgIpc) is 2.26. The minimum atomic E-state index is -5.35. The Kier molecular flexibility index (Phi) is 3.98. The zero-order valence-corrected chi connectivity index (χ0v) is 9.25. The van der Waals surface area contributed by atoms with Crippen molar-refractivity contribution < 1.29 is 22.0 Å². The van der Waals surface area contributed by atoms with Crippen LogP contribution in [0.5, 0.6) is 0 Å². The van der Waals surface area contributed by atoms with Crippen LogP contribution in [-0.2, 0) is 0 Å². The number of rotatable bonds is 2. The average molecular weight is 266 g/mol. The van der Waals surface area contributed by atoms with Crippen LogP contribution in [0.4, 0.5) is 22.0 Å². The molecule has 0 unspecified atom stereocenters. The van der Waals surface area contributed by atoms with E-state index in [4.69, 9.17) is 0 Å². The van der Waals surface area contributed by atoms with Crippen molar-refractivity contribution in [2.45, 2.75) is 11.1 Å². The molecule has 0 nitrogen and oxygen atoms in total. The summed E-state index contributed by atoms with van der Waals surface area (Å²) in [5, 5.41) is 0. The Balaban J connectivity index is 3.38. The standard InChI is InChI=1S/C11H7F5S/c1-2-6-3-4-8(17)7(5-6)9(12)10(13)11(14,15)16/h2-5,17H,1H2. The van der Waals surface area contributed by atoms with E-state index in [1.165, 1.54) is 18.2 Å². The molecule has 0 N–H and O–H groups in total. The van der Waals surface area contributed by atoms with Gasteiger partial charge in [-0.1, -0.05) is 18.7 Å². The number of hydrogen-bond donors (Lipinski definition) is 1. The maximum Gasteiger partial charge on any atom is 0.445 e. The lowest BCUT2D eigenvalue weighted by Crippen LogP contribution is -2.09. The van der Waals surface area contributed by atoms with Gasteiger partial charge in [-0.3, -0.25) is 0 Å². The molecule has 0 saturated heterocycles. The smallest absolute Gasteiger partial charge is 0.203 e. The maximum absolute atomic E-state index is 13.3. The third-order valence-corrected chi connectivity index (χ3v) is 2.32. The van der Waals surface area contributed by atoms with E-state index >= 15 is 0 Å². The molecule has 1 aromatic rings. The fourth-order valence-electron chi connectivity index (χ4n) is 1.10. The van der Waals surface area contributed by atoms with Gasteiger partial charge in [0.15, 0.2) is 5.83 Å². The highest BCUT2D eigenvalue weighted by Gasteiger charge is 2.38. The number of alkyl halides is 3. The minimum Gasteiger partial charge on any atom is -0.203 e. The Bertz CT molecular complexity index is 473. The van der Waals surface area contributed by atoms with Gasteiger partial charge in [-0.05, 0) is 17.7 Å². The third-order valence-electron chi connectivity index (χ3n) is 1.93. The van der Waals surface area contributed by atoms with Crippen LogP contribution >= 0.6 is 12.6 Å². The van der Waals surface area contributed by atoms with Crippen molar-refractivity contribution in [1.29, 1.82) is 0 Å². The summed E-state index contributed by atoms with van der Waals surface area (Å²) in [6.07, 6.45) is -4.05. The highest BCUT2D eigenvalue weighted by molar-refractivity contribution is 7.80. The summed E-state index contributed by atoms with van der Waals surface area (Å²) in [4.78, 5) is -0.0903. The lowest BCUT2D eigenvalue weighted by Gasteiger charge is -2.08. The molecular formula is C11H7F5S. The Morgan fingerprint density at radius 3 is 2.29 bits per heavy atom. The summed E-state index contributed by atoms with van der Waals surface area (Å²) in [7, 11) is 0. The first kappa shape index (κ1) is 13.8. The minimum absolute atomic E-state index is 0.0903. The van der Waals surface area contributed by atoms with Crippen LogP contribution in [0.25, 0.3) is 11.9 Å². The largest absolute Gasteiger partial charge is 0.445 e. The van der Waals surface area contributed by atoms with Gasteiger partial charge >= 0.3 is 6.18 Å². The van der Waals surface area contributed by atoms with Gasteiger partial charge in [0, 0.05) is 10.5 Å². The van der Waals surface area contributed by atoms with Crippen LogP contribution in [-0.4, -0.2) is 6.18 Å². The van der Waals surface area contributed by atoms with Gasteiger partial charge in [0.05, 0.1) is 0 Å². The van der Waals surface area contributed by atoms with Gasteiger partial charge in [0.25, 0.3) is 0 Å². The normalized spacial score (nSPS) is 13.3. The predicted molar refractivity (Wildman–Crippen MR) is 59.0 cm³/mol. The topological polar surface area (TPSA) is 0 Å². The SMILES string of the molecule is C=Cc1ccc(S)c(C(F)=C(F)C(F)(F)F)c1. The van der Waals surface area contributed by atoms with E-state index in [9.17, 15) is 22.0 Å². The summed E-state index contributed by atoms with van der Waals surface area (Å²) in [5.41, 5.74) is -0.191. The molecule has 1 aromatic carbocycles. The summed E-state index contributed by atoms with van der Waals surface area (Å²) in [6.45, 7) is 3.38. The molecule has 17 heavy (non-hydrogen) atoms. The fourth-order valence-corrected chi connectivity index (χ4v) is 1.34. The van der Waals surface area contributed by atoms with E-state index in [1.54, 1.807) is 0 Å². The Morgan fingerprint density at radius 1 is 1.24 bits per heavy atom. The van der Waals surface area contributed by atoms with Gasteiger partial charge in [-0.2, -0.15) is 17.6 Å². The van der Waals surface area contributed by atoms with Crippen molar-refractivity contribution in [3.63, 3.8) is 0 Å². The van der Waals surface area contributed by atoms with Gasteiger partial charge in [0.1, 0.15) is 0 Å². The van der Waals surface area contributed by atoms with Crippen molar-refractivity contribution in [3.8, 4) is 0 Å². The molecule has 0 aliphatic rings. The predicted octanol–water partition coefficient (Wildman–Crippen LogP) is 4.79. The first-order valence-electron chi connectivity index (χ1n) is 4.35. The number of halogens is 5. The molecule has 0 aliphatic heterocycles. The monoisotopic (exact) mass is 266 g/mol. The Hall–Kier alpha value is -1.30. The van der Waals surface area contributed by atoms with Crippen molar-refractivity contribution >= 4 is 24.5 Å². The molecule has 0 saturated carbocycles. The van der Waals surface area contributed by atoms with Gasteiger partial charge < -0.3 is 0 Å². The molecule has 0 aliphatic carbocycles. The maximum atomic E-state index is 13.3. The number of allylic oxidation sites excluding steroid dienone is 1. The zero-order chi connectivity index (χ0) is 13.2. The van der Waals surface area contributed by atoms with E-state index in [2.05, 4.69) is 19.2 Å². The highest BCUT2D eigenvalue weighted by Crippen LogP contribution is 2.36. The lowest BCUT2D eigenvalue weighted by atomic mass is 10.1. The summed E-state index contributed by atoms with van der Waals surface area (Å²) >= 11 is 3.77. The van der Waals surface area contributed by atoms with Crippen LogP contribution in [0.15, 0.2) is 35.5 Å². The fraction of sp³-hybridized carbons (Fsp3) is 0.0909. The van der Waals surface area contributed by atoms with Crippen molar-refractivity contribution in [1.82, 2.24) is 0 Å². The van der Waals surface area contributed by atoms with E-state index in [0.29, 0.717) is 5.56 Å². The molecule has 0 amide bonds. The van der Waals surface area contributed by atoms with Crippen molar-refractivity contribution in [2.75, 3.05) is 0 Å². The second-order valence-electron chi connectivity index (χ2n) is 3.11. The molecule has 1 rings (SSSR count). The quantitative estimate of drug-likeness (QED) is 0.577. The number of benzene rings is 1. The second-order valence-corrected chi connectivity index (χ2v) is 3.59. The van der Waals surface area contributed by atoms with Crippen LogP contribution in [0.2, 0.25) is 0 Å². The molecule has 6 heteroatoms. The molecule has 0 aromatic heterocycles. The second kappa shape index (κ2) is 4.91. The first-order valence-corrected chi connectivity index (χ1v) is 4.80. The van der Waals surface area contributed by atoms with Crippen LogP contribution in [0.1, 0.15) is 11.1 Å². The molecule has 0 fully saturated rings. The van der Waals surface area contributed by atoms with Gasteiger partial charge in [-0.25, -0.2) is 4.39 Å². The van der Waals surface area contributed by atoms with Crippen molar-refractivity contribution in [2.24, 2.45) is 0 Å². The Morgan fingerprint density at radius 2 is 1.82 bits per heavy atom. The molecule has 0 spiro atoms. The molecular weight excluding hydrogens is 259 g/mol. The molecule has 0 heterocycles. The molecule has 0 radical (unpaired) electrons. The molecule has 0 atom stereocenters. The number of hydrogen-bond acceptors (Lipinski definition) is 1. The summed E-state index contributed by atoms with van der Waals surface area (Å²) < 4.78 is 62.0. The van der Waals surface area contributed by atoms with E-state index in [0.717, 1.165) is 6.07 Å². The number of thiol groups is 1. The van der Waals surface area contributed by atoms with Crippen LogP contribution < -0.4 is 0 Å². The summed E-state index contributed by atoms with van der Waals surface area (Å²) in [5.74, 6) is -4.75.